The number of aromatic nitrogens is 3. The lowest BCUT2D eigenvalue weighted by atomic mass is 10.3. The molecule has 3 rings (SSSR count). The molecule has 1 unspecified atom stereocenters. The summed E-state index contributed by atoms with van der Waals surface area (Å²) in [5, 5.41) is 10.8. The minimum Gasteiger partial charge on any atom is -0.493 e. The number of nitrogens with one attached hydrogen (secondary N) is 1. The lowest BCUT2D eigenvalue weighted by Crippen LogP contribution is -2.16. The van der Waals surface area contributed by atoms with E-state index >= 15 is 0 Å². The molecule has 0 radical (unpaired) electrons. The van der Waals surface area contributed by atoms with E-state index in [1.807, 2.05) is 12.1 Å². The number of methoxy groups -OCH3 is 1. The van der Waals surface area contributed by atoms with Crippen LogP contribution in [0.3, 0.4) is 0 Å². The standard InChI is InChI=1S/C20H19F3N4O3S/c1-11(30-15-7-5-4-6-14(15)29-3)19-25-26-20(27(19)2)31-10-16(28)24-13-9-8-12(21)17(22)18(13)23/h4-9,11H,10H2,1-3H3,(H,24,28). The molecule has 0 aliphatic heterocycles. The van der Waals surface area contributed by atoms with Crippen LogP contribution < -0.4 is 14.8 Å². The van der Waals surface area contributed by atoms with Gasteiger partial charge in [0.1, 0.15) is 0 Å². The fourth-order valence-corrected chi connectivity index (χ4v) is 3.42. The molecule has 1 amide bonds. The summed E-state index contributed by atoms with van der Waals surface area (Å²) in [6.45, 7) is 1.80. The van der Waals surface area contributed by atoms with Crippen molar-refractivity contribution in [3.05, 3.63) is 59.7 Å². The molecule has 0 spiro atoms. The molecule has 11 heteroatoms. The summed E-state index contributed by atoms with van der Waals surface area (Å²) in [4.78, 5) is 12.1. The van der Waals surface area contributed by atoms with Crippen LogP contribution in [-0.4, -0.2) is 33.5 Å². The summed E-state index contributed by atoms with van der Waals surface area (Å²) in [7, 11) is 3.26. The molecule has 1 heterocycles. The van der Waals surface area contributed by atoms with E-state index in [0.717, 1.165) is 23.9 Å². The number of amides is 1. The number of rotatable bonds is 8. The van der Waals surface area contributed by atoms with Gasteiger partial charge in [-0.25, -0.2) is 13.2 Å². The largest absolute Gasteiger partial charge is 0.493 e. The predicted octanol–water partition coefficient (Wildman–Crippen LogP) is 4.11. The number of thioether (sulfide) groups is 1. The van der Waals surface area contributed by atoms with Crippen LogP contribution in [0.4, 0.5) is 18.9 Å². The first kappa shape index (κ1) is 22.5. The van der Waals surface area contributed by atoms with E-state index in [0.29, 0.717) is 22.5 Å². The van der Waals surface area contributed by atoms with Crippen molar-refractivity contribution in [1.82, 2.24) is 14.8 Å². The molecule has 1 N–H and O–H groups in total. The molecule has 0 saturated carbocycles. The number of anilines is 1. The Bertz CT molecular complexity index is 1090. The first-order valence-corrected chi connectivity index (χ1v) is 10.1. The fraction of sp³-hybridized carbons (Fsp3) is 0.250. The number of hydrogen-bond donors (Lipinski definition) is 1. The van der Waals surface area contributed by atoms with E-state index in [-0.39, 0.29) is 5.75 Å². The monoisotopic (exact) mass is 452 g/mol. The van der Waals surface area contributed by atoms with Crippen LogP contribution >= 0.6 is 11.8 Å². The number of hydrogen-bond acceptors (Lipinski definition) is 6. The zero-order valence-electron chi connectivity index (χ0n) is 16.9. The van der Waals surface area contributed by atoms with Gasteiger partial charge in [-0.2, -0.15) is 0 Å². The van der Waals surface area contributed by atoms with Gasteiger partial charge in [-0.1, -0.05) is 23.9 Å². The predicted molar refractivity (Wildman–Crippen MR) is 109 cm³/mol. The second-order valence-corrected chi connectivity index (χ2v) is 7.31. The Kier molecular flexibility index (Phi) is 7.06. The van der Waals surface area contributed by atoms with Crippen molar-refractivity contribution in [3.8, 4) is 11.5 Å². The smallest absolute Gasteiger partial charge is 0.234 e. The van der Waals surface area contributed by atoms with E-state index in [4.69, 9.17) is 9.47 Å². The highest BCUT2D eigenvalue weighted by Crippen LogP contribution is 2.31. The minimum atomic E-state index is -1.65. The van der Waals surface area contributed by atoms with Gasteiger partial charge >= 0.3 is 0 Å². The average Bonchev–Trinajstić information content (AvgIpc) is 3.13. The van der Waals surface area contributed by atoms with Crippen LogP contribution in [0.5, 0.6) is 11.5 Å². The minimum absolute atomic E-state index is 0.147. The summed E-state index contributed by atoms with van der Waals surface area (Å²) in [6, 6.07) is 8.87. The highest BCUT2D eigenvalue weighted by atomic mass is 32.2. The van der Waals surface area contributed by atoms with Gasteiger partial charge in [0.05, 0.1) is 18.6 Å². The number of para-hydroxylation sites is 2. The maximum absolute atomic E-state index is 13.7. The van der Waals surface area contributed by atoms with Crippen LogP contribution in [0, 0.1) is 17.5 Å². The van der Waals surface area contributed by atoms with Crippen LogP contribution in [0.2, 0.25) is 0 Å². The molecule has 0 aliphatic rings. The third kappa shape index (κ3) is 5.10. The maximum Gasteiger partial charge on any atom is 0.234 e. The van der Waals surface area contributed by atoms with Crippen molar-refractivity contribution < 1.29 is 27.4 Å². The number of benzene rings is 2. The van der Waals surface area contributed by atoms with Crippen LogP contribution in [0.15, 0.2) is 41.6 Å². The zero-order chi connectivity index (χ0) is 22.5. The Morgan fingerprint density at radius 3 is 2.55 bits per heavy atom. The van der Waals surface area contributed by atoms with Crippen molar-refractivity contribution in [1.29, 1.82) is 0 Å². The summed E-state index contributed by atoms with van der Waals surface area (Å²) in [5.74, 6) is -3.56. The highest BCUT2D eigenvalue weighted by molar-refractivity contribution is 7.99. The second-order valence-electron chi connectivity index (χ2n) is 6.37. The van der Waals surface area contributed by atoms with Crippen molar-refractivity contribution >= 4 is 23.4 Å². The van der Waals surface area contributed by atoms with Crippen molar-refractivity contribution in [2.75, 3.05) is 18.2 Å². The second kappa shape index (κ2) is 9.73. The lowest BCUT2D eigenvalue weighted by Gasteiger charge is -2.16. The van der Waals surface area contributed by atoms with Crippen LogP contribution in [-0.2, 0) is 11.8 Å². The Hall–Kier alpha value is -3.21. The Morgan fingerprint density at radius 2 is 1.84 bits per heavy atom. The van der Waals surface area contributed by atoms with E-state index in [9.17, 15) is 18.0 Å². The first-order valence-electron chi connectivity index (χ1n) is 9.07. The van der Waals surface area contributed by atoms with Gasteiger partial charge in [0.15, 0.2) is 46.0 Å². The number of nitrogens with zero attached hydrogens (tertiary/aromatic N) is 3. The van der Waals surface area contributed by atoms with E-state index in [2.05, 4.69) is 15.5 Å². The quantitative estimate of drug-likeness (QED) is 0.409. The summed E-state index contributed by atoms with van der Waals surface area (Å²) in [6.07, 6.45) is -0.465. The topological polar surface area (TPSA) is 78.3 Å². The number of halogens is 3. The third-order valence-corrected chi connectivity index (χ3v) is 5.27. The molecule has 164 valence electrons. The van der Waals surface area contributed by atoms with Gasteiger partial charge in [-0.05, 0) is 31.2 Å². The summed E-state index contributed by atoms with van der Waals surface area (Å²) in [5.41, 5.74) is -0.443. The molecule has 0 fully saturated rings. The summed E-state index contributed by atoms with van der Waals surface area (Å²) >= 11 is 1.05. The van der Waals surface area contributed by atoms with Gasteiger partial charge < -0.3 is 19.4 Å². The molecule has 1 aromatic heterocycles. The van der Waals surface area contributed by atoms with Crippen molar-refractivity contribution in [2.45, 2.75) is 18.2 Å². The highest BCUT2D eigenvalue weighted by Gasteiger charge is 2.20. The molecule has 2 aromatic carbocycles. The number of ether oxygens (including phenoxy) is 2. The molecule has 0 aliphatic carbocycles. The van der Waals surface area contributed by atoms with Gasteiger partial charge in [-0.15, -0.1) is 10.2 Å². The fourth-order valence-electron chi connectivity index (χ4n) is 2.70. The molecule has 31 heavy (non-hydrogen) atoms. The van der Waals surface area contributed by atoms with Crippen molar-refractivity contribution in [2.24, 2.45) is 7.05 Å². The normalized spacial score (nSPS) is 11.8. The van der Waals surface area contributed by atoms with Gasteiger partial charge in [-0.3, -0.25) is 4.79 Å². The molecule has 1 atom stereocenters. The van der Waals surface area contributed by atoms with Crippen LogP contribution in [0.25, 0.3) is 0 Å². The molecule has 0 bridgehead atoms. The Morgan fingerprint density at radius 1 is 1.13 bits per heavy atom. The number of carbonyl (C=O) groups is 1. The summed E-state index contributed by atoms with van der Waals surface area (Å²) < 4.78 is 52.8. The molecule has 0 saturated heterocycles. The molecule has 3 aromatic rings. The lowest BCUT2D eigenvalue weighted by molar-refractivity contribution is -0.113. The Balaban J connectivity index is 1.62. The SMILES string of the molecule is COc1ccccc1OC(C)c1nnc(SCC(=O)Nc2ccc(F)c(F)c2F)n1C. The van der Waals surface area contributed by atoms with Gasteiger partial charge in [0.2, 0.25) is 5.91 Å². The zero-order valence-corrected chi connectivity index (χ0v) is 17.7. The molecular formula is C20H19F3N4O3S. The molecule has 7 nitrogen and oxygen atoms in total. The maximum atomic E-state index is 13.7. The van der Waals surface area contributed by atoms with Gasteiger partial charge in [0, 0.05) is 7.05 Å². The average molecular weight is 452 g/mol. The molecular weight excluding hydrogens is 433 g/mol. The number of carbonyl (C=O) groups excluding carboxylic acids is 1. The van der Waals surface area contributed by atoms with E-state index in [1.165, 1.54) is 0 Å². The van der Waals surface area contributed by atoms with Crippen LogP contribution in [0.1, 0.15) is 18.9 Å². The Labute approximate surface area is 180 Å². The van der Waals surface area contributed by atoms with Gasteiger partial charge in [0.25, 0.3) is 0 Å². The third-order valence-electron chi connectivity index (χ3n) is 4.25. The first-order chi connectivity index (χ1) is 14.8. The van der Waals surface area contributed by atoms with E-state index < -0.39 is 35.2 Å². The van der Waals surface area contributed by atoms with Crippen molar-refractivity contribution in [3.63, 3.8) is 0 Å². The van der Waals surface area contributed by atoms with E-state index in [1.54, 1.807) is 37.8 Å².